The Bertz CT molecular complexity index is 576. The Balaban J connectivity index is 1.93. The normalized spacial score (nSPS) is 10.6. The summed E-state index contributed by atoms with van der Waals surface area (Å²) in [6.45, 7) is 4.17. The summed E-state index contributed by atoms with van der Waals surface area (Å²) in [6, 6.07) is 6.87. The second kappa shape index (κ2) is 6.18. The third-order valence-corrected chi connectivity index (χ3v) is 2.74. The fourth-order valence-electron chi connectivity index (χ4n) is 1.58. The lowest BCUT2D eigenvalue weighted by molar-refractivity contribution is 0.0949. The van der Waals surface area contributed by atoms with Gasteiger partial charge in [0.2, 0.25) is 5.89 Å². The average Bonchev–Trinajstić information content (AvgIpc) is 2.94. The lowest BCUT2D eigenvalue weighted by Gasteiger charge is -2.03. The molecule has 6 heteroatoms. The topological polar surface area (TPSA) is 77.2 Å². The van der Waals surface area contributed by atoms with Crippen LogP contribution in [0.1, 0.15) is 41.8 Å². The van der Waals surface area contributed by atoms with Crippen LogP contribution in [0.4, 0.5) is 0 Å². The van der Waals surface area contributed by atoms with Crippen molar-refractivity contribution in [1.82, 2.24) is 15.5 Å². The van der Waals surface area contributed by atoms with Crippen molar-refractivity contribution in [2.24, 2.45) is 0 Å². The number of amides is 1. The largest absolute Gasteiger partial charge is 0.497 e. The third-order valence-electron chi connectivity index (χ3n) is 2.74. The lowest BCUT2D eigenvalue weighted by Crippen LogP contribution is -2.23. The van der Waals surface area contributed by atoms with Crippen LogP contribution in [0.5, 0.6) is 5.75 Å². The molecule has 1 aromatic heterocycles. The molecule has 2 aromatic rings. The molecule has 0 aliphatic carbocycles. The Labute approximate surface area is 117 Å². The van der Waals surface area contributed by atoms with Crippen LogP contribution in [0, 0.1) is 0 Å². The summed E-state index contributed by atoms with van der Waals surface area (Å²) in [7, 11) is 1.58. The maximum atomic E-state index is 11.9. The van der Waals surface area contributed by atoms with Gasteiger partial charge in [0.15, 0.2) is 5.82 Å². The Kier molecular flexibility index (Phi) is 4.34. The SMILES string of the molecule is COc1ccc(C(=O)NCc2noc(C(C)C)n2)cc1. The standard InChI is InChI=1S/C14H17N3O3/c1-9(2)14-16-12(17-20-14)8-15-13(18)10-4-6-11(19-3)7-5-10/h4-7,9H,8H2,1-3H3,(H,15,18). The Morgan fingerprint density at radius 1 is 1.35 bits per heavy atom. The highest BCUT2D eigenvalue weighted by Crippen LogP contribution is 2.12. The summed E-state index contributed by atoms with van der Waals surface area (Å²) in [6.07, 6.45) is 0. The van der Waals surface area contributed by atoms with Crippen molar-refractivity contribution in [2.75, 3.05) is 7.11 Å². The third kappa shape index (κ3) is 3.34. The van der Waals surface area contributed by atoms with Crippen molar-refractivity contribution in [3.63, 3.8) is 0 Å². The molecule has 1 heterocycles. The molecular weight excluding hydrogens is 258 g/mol. The predicted molar refractivity (Wildman–Crippen MR) is 72.6 cm³/mol. The van der Waals surface area contributed by atoms with Gasteiger partial charge in [-0.2, -0.15) is 4.98 Å². The van der Waals surface area contributed by atoms with E-state index < -0.39 is 0 Å². The average molecular weight is 275 g/mol. The molecule has 2 rings (SSSR count). The molecule has 0 spiro atoms. The number of hydrogen-bond acceptors (Lipinski definition) is 5. The molecule has 0 bridgehead atoms. The van der Waals surface area contributed by atoms with Gasteiger partial charge in [0, 0.05) is 11.5 Å². The number of rotatable bonds is 5. The van der Waals surface area contributed by atoms with Crippen molar-refractivity contribution in [3.8, 4) is 5.75 Å². The van der Waals surface area contributed by atoms with Crippen molar-refractivity contribution in [2.45, 2.75) is 26.3 Å². The van der Waals surface area contributed by atoms with E-state index in [0.717, 1.165) is 0 Å². The highest BCUT2D eigenvalue weighted by atomic mass is 16.5. The first-order valence-electron chi connectivity index (χ1n) is 6.35. The van der Waals surface area contributed by atoms with Crippen LogP contribution in [0.15, 0.2) is 28.8 Å². The van der Waals surface area contributed by atoms with Gasteiger partial charge < -0.3 is 14.6 Å². The fraction of sp³-hybridized carbons (Fsp3) is 0.357. The van der Waals surface area contributed by atoms with Crippen molar-refractivity contribution >= 4 is 5.91 Å². The first-order chi connectivity index (χ1) is 9.60. The summed E-state index contributed by atoms with van der Waals surface area (Å²) in [5.74, 6) is 1.73. The number of hydrogen-bond donors (Lipinski definition) is 1. The van der Waals surface area contributed by atoms with Crippen molar-refractivity contribution in [3.05, 3.63) is 41.5 Å². The van der Waals surface area contributed by atoms with Gasteiger partial charge in [0.1, 0.15) is 5.75 Å². The number of nitrogens with zero attached hydrogens (tertiary/aromatic N) is 2. The Hall–Kier alpha value is -2.37. The number of nitrogens with one attached hydrogen (secondary N) is 1. The van der Waals surface area contributed by atoms with E-state index in [0.29, 0.717) is 23.0 Å². The van der Waals surface area contributed by atoms with E-state index in [2.05, 4.69) is 15.5 Å². The van der Waals surface area contributed by atoms with E-state index in [1.165, 1.54) is 0 Å². The van der Waals surface area contributed by atoms with Crippen molar-refractivity contribution < 1.29 is 14.1 Å². The van der Waals surface area contributed by atoms with Crippen LogP contribution in [-0.2, 0) is 6.54 Å². The molecule has 0 aliphatic rings. The van der Waals surface area contributed by atoms with Gasteiger partial charge in [-0.05, 0) is 24.3 Å². The molecule has 0 aliphatic heterocycles. The number of methoxy groups -OCH3 is 1. The van der Waals surface area contributed by atoms with Crippen LogP contribution in [0.3, 0.4) is 0 Å². The van der Waals surface area contributed by atoms with Crippen LogP contribution in [0.25, 0.3) is 0 Å². The predicted octanol–water partition coefficient (Wildman–Crippen LogP) is 2.13. The number of aromatic nitrogens is 2. The molecule has 0 saturated carbocycles. The van der Waals surface area contributed by atoms with Gasteiger partial charge in [0.25, 0.3) is 5.91 Å². The summed E-state index contributed by atoms with van der Waals surface area (Å²) < 4.78 is 10.1. The Morgan fingerprint density at radius 3 is 2.60 bits per heavy atom. The highest BCUT2D eigenvalue weighted by Gasteiger charge is 2.11. The maximum absolute atomic E-state index is 11.9. The zero-order valence-electron chi connectivity index (χ0n) is 11.7. The molecule has 0 saturated heterocycles. The maximum Gasteiger partial charge on any atom is 0.251 e. The minimum Gasteiger partial charge on any atom is -0.497 e. The first kappa shape index (κ1) is 14.0. The monoisotopic (exact) mass is 275 g/mol. The second-order valence-electron chi connectivity index (χ2n) is 4.61. The number of ether oxygens (including phenoxy) is 1. The van der Waals surface area contributed by atoms with E-state index in [1.807, 2.05) is 13.8 Å². The summed E-state index contributed by atoms with van der Waals surface area (Å²) in [4.78, 5) is 16.1. The molecule has 1 N–H and O–H groups in total. The van der Waals surface area contributed by atoms with Gasteiger partial charge >= 0.3 is 0 Å². The molecule has 0 unspecified atom stereocenters. The number of benzene rings is 1. The smallest absolute Gasteiger partial charge is 0.251 e. The quantitative estimate of drug-likeness (QED) is 0.904. The molecular formula is C14H17N3O3. The van der Waals surface area contributed by atoms with Crippen molar-refractivity contribution in [1.29, 1.82) is 0 Å². The molecule has 0 fully saturated rings. The van der Waals surface area contributed by atoms with Crippen LogP contribution >= 0.6 is 0 Å². The molecule has 6 nitrogen and oxygen atoms in total. The van der Waals surface area contributed by atoms with E-state index in [-0.39, 0.29) is 18.4 Å². The lowest BCUT2D eigenvalue weighted by atomic mass is 10.2. The van der Waals surface area contributed by atoms with E-state index in [1.54, 1.807) is 31.4 Å². The van der Waals surface area contributed by atoms with Gasteiger partial charge in [-0.15, -0.1) is 0 Å². The molecule has 0 atom stereocenters. The van der Waals surface area contributed by atoms with E-state index in [4.69, 9.17) is 9.26 Å². The highest BCUT2D eigenvalue weighted by molar-refractivity contribution is 5.94. The summed E-state index contributed by atoms with van der Waals surface area (Å²) in [5.41, 5.74) is 0.554. The van der Waals surface area contributed by atoms with E-state index in [9.17, 15) is 4.79 Å². The van der Waals surface area contributed by atoms with Gasteiger partial charge in [-0.1, -0.05) is 19.0 Å². The number of carbonyl (C=O) groups excluding carboxylic acids is 1. The van der Waals surface area contributed by atoms with Gasteiger partial charge in [-0.25, -0.2) is 0 Å². The zero-order valence-corrected chi connectivity index (χ0v) is 11.7. The molecule has 1 amide bonds. The van der Waals surface area contributed by atoms with E-state index >= 15 is 0 Å². The first-order valence-corrected chi connectivity index (χ1v) is 6.35. The Morgan fingerprint density at radius 2 is 2.05 bits per heavy atom. The molecule has 106 valence electrons. The van der Waals surface area contributed by atoms with Crippen LogP contribution in [-0.4, -0.2) is 23.2 Å². The number of carbonyl (C=O) groups is 1. The minimum absolute atomic E-state index is 0.175. The summed E-state index contributed by atoms with van der Waals surface area (Å²) in [5, 5.41) is 6.55. The van der Waals surface area contributed by atoms with Gasteiger partial charge in [-0.3, -0.25) is 4.79 Å². The molecule has 1 aromatic carbocycles. The summed E-state index contributed by atoms with van der Waals surface area (Å²) >= 11 is 0. The second-order valence-corrected chi connectivity index (χ2v) is 4.61. The molecule has 0 radical (unpaired) electrons. The fourth-order valence-corrected chi connectivity index (χ4v) is 1.58. The van der Waals surface area contributed by atoms with Crippen LogP contribution in [0.2, 0.25) is 0 Å². The minimum atomic E-state index is -0.191. The zero-order chi connectivity index (χ0) is 14.5. The van der Waals surface area contributed by atoms with Crippen LogP contribution < -0.4 is 10.1 Å². The van der Waals surface area contributed by atoms with Gasteiger partial charge in [0.05, 0.1) is 13.7 Å². The molecule has 20 heavy (non-hydrogen) atoms.